The normalized spacial score (nSPS) is 11.4. The first-order chi connectivity index (χ1) is 9.15. The summed E-state index contributed by atoms with van der Waals surface area (Å²) in [6, 6.07) is 8.86. The molecule has 5 nitrogen and oxygen atoms in total. The van der Waals surface area contributed by atoms with Crippen LogP contribution in [0.4, 0.5) is 5.69 Å². The highest BCUT2D eigenvalue weighted by molar-refractivity contribution is 5.90. The van der Waals surface area contributed by atoms with E-state index in [4.69, 9.17) is 14.7 Å². The van der Waals surface area contributed by atoms with Gasteiger partial charge < -0.3 is 14.8 Å². The number of amides is 1. The minimum Gasteiger partial charge on any atom is -0.479 e. The molecule has 0 radical (unpaired) electrons. The van der Waals surface area contributed by atoms with Crippen molar-refractivity contribution in [1.82, 2.24) is 0 Å². The molecule has 1 aromatic carbocycles. The van der Waals surface area contributed by atoms with E-state index in [1.165, 1.54) is 0 Å². The van der Waals surface area contributed by atoms with Crippen LogP contribution >= 0.6 is 0 Å². The zero-order chi connectivity index (χ0) is 14.1. The van der Waals surface area contributed by atoms with Crippen LogP contribution in [0.3, 0.4) is 0 Å². The Morgan fingerprint density at radius 2 is 2.32 bits per heavy atom. The van der Waals surface area contributed by atoms with Crippen LogP contribution < -0.4 is 10.1 Å². The van der Waals surface area contributed by atoms with E-state index >= 15 is 0 Å². The highest BCUT2D eigenvalue weighted by Gasteiger charge is 2.06. The Kier molecular flexibility index (Phi) is 6.41. The maximum atomic E-state index is 11.7. The van der Waals surface area contributed by atoms with Crippen LogP contribution in [0.2, 0.25) is 0 Å². The van der Waals surface area contributed by atoms with E-state index in [0.717, 1.165) is 0 Å². The third-order valence-corrected chi connectivity index (χ3v) is 2.60. The number of rotatable bonds is 7. The fraction of sp³-hybridized carbons (Fsp3) is 0.429. The lowest BCUT2D eigenvalue weighted by Crippen LogP contribution is -2.15. The number of methoxy groups -OCH3 is 1. The Bertz CT molecular complexity index is 454. The molecule has 0 heterocycles. The Balaban J connectivity index is 2.47. The van der Waals surface area contributed by atoms with Gasteiger partial charge in [0.15, 0.2) is 6.61 Å². The van der Waals surface area contributed by atoms with Crippen LogP contribution in [-0.2, 0) is 9.53 Å². The molecule has 1 rings (SSSR count). The first-order valence-electron chi connectivity index (χ1n) is 6.08. The molecule has 1 N–H and O–H groups in total. The molecule has 0 spiro atoms. The van der Waals surface area contributed by atoms with E-state index in [1.54, 1.807) is 31.4 Å². The number of ether oxygens (including phenoxy) is 2. The minimum atomic E-state index is -0.0682. The van der Waals surface area contributed by atoms with Gasteiger partial charge in [0.2, 0.25) is 5.91 Å². The van der Waals surface area contributed by atoms with E-state index in [-0.39, 0.29) is 18.6 Å². The number of nitrogens with zero attached hydrogens (tertiary/aromatic N) is 1. The molecule has 0 bridgehead atoms. The Morgan fingerprint density at radius 3 is 3.00 bits per heavy atom. The highest BCUT2D eigenvalue weighted by atomic mass is 16.5. The molecule has 0 aromatic heterocycles. The fourth-order valence-electron chi connectivity index (χ4n) is 1.45. The summed E-state index contributed by atoms with van der Waals surface area (Å²) in [4.78, 5) is 11.7. The van der Waals surface area contributed by atoms with Gasteiger partial charge in [-0.15, -0.1) is 0 Å². The van der Waals surface area contributed by atoms with Gasteiger partial charge in [-0.3, -0.25) is 4.79 Å². The second-order valence-corrected chi connectivity index (χ2v) is 4.11. The highest BCUT2D eigenvalue weighted by Crippen LogP contribution is 2.17. The van der Waals surface area contributed by atoms with Crippen molar-refractivity contribution in [2.45, 2.75) is 25.9 Å². The van der Waals surface area contributed by atoms with Crippen LogP contribution in [0.5, 0.6) is 5.75 Å². The van der Waals surface area contributed by atoms with Crippen LogP contribution in [-0.4, -0.2) is 25.7 Å². The van der Waals surface area contributed by atoms with Crippen molar-refractivity contribution in [2.75, 3.05) is 19.0 Å². The van der Waals surface area contributed by atoms with Gasteiger partial charge in [-0.25, -0.2) is 0 Å². The molecule has 0 fully saturated rings. The van der Waals surface area contributed by atoms with Crippen molar-refractivity contribution in [3.8, 4) is 11.8 Å². The maximum Gasteiger partial charge on any atom is 0.224 e. The molecule has 0 saturated heterocycles. The van der Waals surface area contributed by atoms with Crippen LogP contribution in [0.1, 0.15) is 19.8 Å². The summed E-state index contributed by atoms with van der Waals surface area (Å²) in [7, 11) is 1.62. The fourth-order valence-corrected chi connectivity index (χ4v) is 1.45. The van der Waals surface area contributed by atoms with E-state index in [2.05, 4.69) is 5.32 Å². The van der Waals surface area contributed by atoms with Gasteiger partial charge in [-0.2, -0.15) is 5.26 Å². The molecule has 102 valence electrons. The maximum absolute atomic E-state index is 11.7. The third kappa shape index (κ3) is 5.89. The van der Waals surface area contributed by atoms with E-state index in [0.29, 0.717) is 24.3 Å². The molecule has 1 amide bonds. The molecule has 0 aliphatic rings. The Hall–Kier alpha value is -2.06. The number of hydrogen-bond donors (Lipinski definition) is 1. The molecule has 0 saturated carbocycles. The lowest BCUT2D eigenvalue weighted by atomic mass is 10.2. The molecule has 1 unspecified atom stereocenters. The molecule has 1 atom stereocenters. The summed E-state index contributed by atoms with van der Waals surface area (Å²) in [6.07, 6.45) is 1.14. The molecule has 0 aliphatic heterocycles. The number of carbonyl (C=O) groups is 1. The van der Waals surface area contributed by atoms with Crippen molar-refractivity contribution >= 4 is 11.6 Å². The summed E-state index contributed by atoms with van der Waals surface area (Å²) in [5.41, 5.74) is 0.658. The first kappa shape index (κ1) is 15.0. The van der Waals surface area contributed by atoms with Crippen molar-refractivity contribution in [3.05, 3.63) is 24.3 Å². The molecule has 5 heteroatoms. The van der Waals surface area contributed by atoms with Crippen molar-refractivity contribution in [2.24, 2.45) is 0 Å². The summed E-state index contributed by atoms with van der Waals surface area (Å²) in [5, 5.41) is 11.2. The number of nitriles is 1. The third-order valence-electron chi connectivity index (χ3n) is 2.60. The van der Waals surface area contributed by atoms with Gasteiger partial charge >= 0.3 is 0 Å². The smallest absolute Gasteiger partial charge is 0.224 e. The lowest BCUT2D eigenvalue weighted by molar-refractivity contribution is -0.116. The van der Waals surface area contributed by atoms with Crippen molar-refractivity contribution in [1.29, 1.82) is 5.26 Å². The lowest BCUT2D eigenvalue weighted by Gasteiger charge is -2.10. The predicted octanol–water partition coefficient (Wildman–Crippen LogP) is 2.34. The van der Waals surface area contributed by atoms with Gasteiger partial charge in [0, 0.05) is 25.3 Å². The number of carbonyl (C=O) groups excluding carboxylic acids is 1. The Morgan fingerprint density at radius 1 is 1.53 bits per heavy atom. The number of nitrogens with one attached hydrogen (secondary N) is 1. The van der Waals surface area contributed by atoms with E-state index < -0.39 is 0 Å². The second-order valence-electron chi connectivity index (χ2n) is 4.11. The van der Waals surface area contributed by atoms with Gasteiger partial charge in [0.25, 0.3) is 0 Å². The Labute approximate surface area is 113 Å². The number of anilines is 1. The van der Waals surface area contributed by atoms with Crippen molar-refractivity contribution < 1.29 is 14.3 Å². The topological polar surface area (TPSA) is 71.3 Å². The van der Waals surface area contributed by atoms with Crippen molar-refractivity contribution in [3.63, 3.8) is 0 Å². The average molecular weight is 262 g/mol. The predicted molar refractivity (Wildman–Crippen MR) is 71.9 cm³/mol. The van der Waals surface area contributed by atoms with Crippen LogP contribution in [0.25, 0.3) is 0 Å². The van der Waals surface area contributed by atoms with Gasteiger partial charge in [0.05, 0.1) is 6.10 Å². The SMILES string of the molecule is COC(C)CCC(=O)Nc1cccc(OCC#N)c1. The molecule has 0 aliphatic carbocycles. The van der Waals surface area contributed by atoms with E-state index in [1.807, 2.05) is 13.0 Å². The second kappa shape index (κ2) is 8.11. The molecule has 19 heavy (non-hydrogen) atoms. The van der Waals surface area contributed by atoms with Crippen LogP contribution in [0.15, 0.2) is 24.3 Å². The number of benzene rings is 1. The first-order valence-corrected chi connectivity index (χ1v) is 6.08. The minimum absolute atomic E-state index is 0.0112. The summed E-state index contributed by atoms with van der Waals surface area (Å²) in [5.74, 6) is 0.492. The molecular weight excluding hydrogens is 244 g/mol. The summed E-state index contributed by atoms with van der Waals surface area (Å²) < 4.78 is 10.2. The summed E-state index contributed by atoms with van der Waals surface area (Å²) >= 11 is 0. The van der Waals surface area contributed by atoms with Gasteiger partial charge in [-0.1, -0.05) is 6.07 Å². The average Bonchev–Trinajstić information content (AvgIpc) is 2.43. The number of hydrogen-bond acceptors (Lipinski definition) is 4. The zero-order valence-corrected chi connectivity index (χ0v) is 11.2. The van der Waals surface area contributed by atoms with E-state index in [9.17, 15) is 4.79 Å². The standard InChI is InChI=1S/C14H18N2O3/c1-11(18-2)6-7-14(17)16-12-4-3-5-13(10-12)19-9-8-15/h3-5,10-11H,6-7,9H2,1-2H3,(H,16,17). The largest absolute Gasteiger partial charge is 0.479 e. The molecule has 1 aromatic rings. The monoisotopic (exact) mass is 262 g/mol. The quantitative estimate of drug-likeness (QED) is 0.818. The zero-order valence-electron chi connectivity index (χ0n) is 11.2. The summed E-state index contributed by atoms with van der Waals surface area (Å²) in [6.45, 7) is 1.91. The van der Waals surface area contributed by atoms with Gasteiger partial charge in [-0.05, 0) is 25.5 Å². The van der Waals surface area contributed by atoms with Gasteiger partial charge in [0.1, 0.15) is 11.8 Å². The van der Waals surface area contributed by atoms with Crippen LogP contribution in [0, 0.1) is 11.3 Å². The molecular formula is C14H18N2O3.